The van der Waals surface area contributed by atoms with Gasteiger partial charge in [-0.05, 0) is 18.9 Å². The van der Waals surface area contributed by atoms with Crippen LogP contribution in [0.1, 0.15) is 50.5 Å². The van der Waals surface area contributed by atoms with E-state index in [0.717, 1.165) is 5.38 Å². The maximum absolute atomic E-state index is 12.5. The molecule has 120 valence electrons. The zero-order chi connectivity index (χ0) is 16.4. The summed E-state index contributed by atoms with van der Waals surface area (Å²) in [7, 11) is -1.92. The molecule has 1 amide bonds. The molecule has 0 radical (unpaired) electrons. The van der Waals surface area contributed by atoms with E-state index in [1.54, 1.807) is 4.90 Å². The summed E-state index contributed by atoms with van der Waals surface area (Å²) in [4.78, 5) is 14.3. The average molecular weight is 311 g/mol. The molecule has 1 rings (SSSR count). The van der Waals surface area contributed by atoms with E-state index in [1.807, 2.05) is 13.8 Å². The third-order valence-corrected chi connectivity index (χ3v) is 10.1. The molecule has 0 aliphatic heterocycles. The molecule has 1 N–H and O–H groups in total. The minimum absolute atomic E-state index is 0.0576. The number of carbonyl (C=O) groups is 1. The molecular weight excluding hydrogens is 282 g/mol. The topological polar surface area (TPSA) is 53.7 Å². The van der Waals surface area contributed by atoms with Gasteiger partial charge in [-0.1, -0.05) is 33.9 Å². The maximum atomic E-state index is 12.5. The van der Waals surface area contributed by atoms with Crippen molar-refractivity contribution in [1.82, 2.24) is 4.90 Å². The highest BCUT2D eigenvalue weighted by atomic mass is 28.3. The second-order valence-electron chi connectivity index (χ2n) is 6.97. The van der Waals surface area contributed by atoms with Crippen LogP contribution in [0.2, 0.25) is 18.1 Å². The Morgan fingerprint density at radius 2 is 1.81 bits per heavy atom. The van der Waals surface area contributed by atoms with Gasteiger partial charge in [0.2, 0.25) is 0 Å². The predicted molar refractivity (Wildman–Crippen MR) is 88.7 cm³/mol. The Morgan fingerprint density at radius 1 is 1.29 bits per heavy atom. The van der Waals surface area contributed by atoms with E-state index in [0.29, 0.717) is 24.2 Å². The molecule has 0 aromatic carbocycles. The van der Waals surface area contributed by atoms with Crippen molar-refractivity contribution in [2.45, 2.75) is 59.4 Å². The third kappa shape index (κ3) is 3.24. The molecule has 1 heterocycles. The summed E-state index contributed by atoms with van der Waals surface area (Å²) in [6.45, 7) is 16.1. The van der Waals surface area contributed by atoms with Crippen molar-refractivity contribution in [2.75, 3.05) is 13.1 Å². The van der Waals surface area contributed by atoms with Crippen LogP contribution in [-0.4, -0.2) is 37.1 Å². The van der Waals surface area contributed by atoms with E-state index in [1.165, 1.54) is 6.26 Å². The summed E-state index contributed by atoms with van der Waals surface area (Å²) in [5.41, 5.74) is 1.19. The lowest BCUT2D eigenvalue weighted by Crippen LogP contribution is -2.50. The van der Waals surface area contributed by atoms with Crippen LogP contribution in [0.3, 0.4) is 0 Å². The third-order valence-electron chi connectivity index (χ3n) is 4.78. The highest BCUT2D eigenvalue weighted by Crippen LogP contribution is 2.36. The highest BCUT2D eigenvalue weighted by Gasteiger charge is 2.42. The first-order chi connectivity index (χ1) is 9.61. The van der Waals surface area contributed by atoms with E-state index < -0.39 is 8.07 Å². The lowest BCUT2D eigenvalue weighted by molar-refractivity contribution is 0.0769. The lowest BCUT2D eigenvalue weighted by atomic mass is 10.2. The molecule has 0 fully saturated rings. The van der Waals surface area contributed by atoms with E-state index >= 15 is 0 Å². The molecule has 0 atom stereocenters. The van der Waals surface area contributed by atoms with Crippen molar-refractivity contribution in [3.63, 3.8) is 0 Å². The number of rotatable bonds is 5. The van der Waals surface area contributed by atoms with E-state index in [2.05, 4.69) is 33.9 Å². The number of aliphatic hydroxyl groups is 1. The smallest absolute Gasteiger partial charge is 0.257 e. The van der Waals surface area contributed by atoms with Gasteiger partial charge in [0.15, 0.2) is 0 Å². The zero-order valence-corrected chi connectivity index (χ0v) is 15.4. The van der Waals surface area contributed by atoms with Gasteiger partial charge in [0, 0.05) is 18.7 Å². The van der Waals surface area contributed by atoms with Crippen molar-refractivity contribution in [3.8, 4) is 0 Å². The molecule has 0 aliphatic rings. The Labute approximate surface area is 129 Å². The molecule has 4 nitrogen and oxygen atoms in total. The van der Waals surface area contributed by atoms with Crippen molar-refractivity contribution in [1.29, 1.82) is 0 Å². The van der Waals surface area contributed by atoms with Gasteiger partial charge in [0.1, 0.15) is 14.3 Å². The Kier molecular flexibility index (Phi) is 5.44. The van der Waals surface area contributed by atoms with Gasteiger partial charge in [-0.15, -0.1) is 0 Å². The van der Waals surface area contributed by atoms with Crippen LogP contribution in [0.15, 0.2) is 10.7 Å². The monoisotopic (exact) mass is 311 g/mol. The van der Waals surface area contributed by atoms with Gasteiger partial charge in [0.05, 0.1) is 17.6 Å². The largest absolute Gasteiger partial charge is 0.473 e. The predicted octanol–water partition coefficient (Wildman–Crippen LogP) is 2.97. The number of hydrogen-bond acceptors (Lipinski definition) is 3. The molecule has 21 heavy (non-hydrogen) atoms. The van der Waals surface area contributed by atoms with Crippen LogP contribution in [-0.2, 0) is 6.61 Å². The first kappa shape index (κ1) is 18.0. The Bertz CT molecular complexity index is 496. The molecule has 0 saturated heterocycles. The van der Waals surface area contributed by atoms with Gasteiger partial charge in [0.25, 0.3) is 5.91 Å². The van der Waals surface area contributed by atoms with Gasteiger partial charge in [-0.2, -0.15) is 0 Å². The molecule has 5 heteroatoms. The van der Waals surface area contributed by atoms with Gasteiger partial charge in [-0.3, -0.25) is 4.79 Å². The fourth-order valence-corrected chi connectivity index (χ4v) is 4.27. The minimum Gasteiger partial charge on any atom is -0.473 e. The van der Waals surface area contributed by atoms with Crippen molar-refractivity contribution in [3.05, 3.63) is 17.4 Å². The molecule has 0 bridgehead atoms. The number of nitrogens with zero attached hydrogens (tertiary/aromatic N) is 1. The molecule has 1 aromatic rings. The number of carbonyl (C=O) groups excluding carboxylic acids is 1. The second kappa shape index (κ2) is 6.36. The molecule has 0 unspecified atom stereocenters. The SMILES string of the molecule is CCN(CC)C(=O)c1coc([Si](C)(C)C(C)(C)C)c1CO. The average Bonchev–Trinajstić information content (AvgIpc) is 2.82. The maximum Gasteiger partial charge on any atom is 0.257 e. The summed E-state index contributed by atoms with van der Waals surface area (Å²) in [5.74, 6) is -0.0576. The quantitative estimate of drug-likeness (QED) is 0.851. The van der Waals surface area contributed by atoms with Crippen LogP contribution in [0.5, 0.6) is 0 Å². The number of furan rings is 1. The van der Waals surface area contributed by atoms with Crippen LogP contribution in [0.25, 0.3) is 0 Å². The Morgan fingerprint density at radius 3 is 2.19 bits per heavy atom. The minimum atomic E-state index is -1.92. The van der Waals surface area contributed by atoms with E-state index in [-0.39, 0.29) is 17.6 Å². The summed E-state index contributed by atoms with van der Waals surface area (Å²) < 4.78 is 5.79. The van der Waals surface area contributed by atoms with Crippen molar-refractivity contribution < 1.29 is 14.3 Å². The second-order valence-corrected chi connectivity index (χ2v) is 12.2. The summed E-state index contributed by atoms with van der Waals surface area (Å²) in [6, 6.07) is 0. The summed E-state index contributed by atoms with van der Waals surface area (Å²) in [5, 5.41) is 10.7. The zero-order valence-electron chi connectivity index (χ0n) is 14.4. The molecule has 0 aliphatic carbocycles. The van der Waals surface area contributed by atoms with Crippen LogP contribution < -0.4 is 5.38 Å². The van der Waals surface area contributed by atoms with Crippen LogP contribution >= 0.6 is 0 Å². The fraction of sp³-hybridized carbons (Fsp3) is 0.688. The number of aliphatic hydroxyl groups excluding tert-OH is 1. The van der Waals surface area contributed by atoms with E-state index in [9.17, 15) is 9.90 Å². The normalized spacial score (nSPS) is 12.6. The highest BCUT2D eigenvalue weighted by molar-refractivity contribution is 6.91. The molecule has 0 saturated carbocycles. The first-order valence-electron chi connectivity index (χ1n) is 7.62. The summed E-state index contributed by atoms with van der Waals surface area (Å²) in [6.07, 6.45) is 1.53. The van der Waals surface area contributed by atoms with Crippen molar-refractivity contribution >= 4 is 19.4 Å². The Balaban J connectivity index is 3.34. The molecule has 0 spiro atoms. The van der Waals surface area contributed by atoms with Crippen LogP contribution in [0.4, 0.5) is 0 Å². The van der Waals surface area contributed by atoms with E-state index in [4.69, 9.17) is 4.42 Å². The van der Waals surface area contributed by atoms with Crippen LogP contribution in [0, 0.1) is 0 Å². The Hall–Kier alpha value is -1.07. The van der Waals surface area contributed by atoms with Gasteiger partial charge >= 0.3 is 0 Å². The molecular formula is C16H29NO3Si. The number of hydrogen-bond donors (Lipinski definition) is 1. The standard InChI is InChI=1S/C16H29NO3Si/c1-8-17(9-2)14(19)13-11-20-15(12(13)10-18)21(6,7)16(3,4)5/h11,18H,8-10H2,1-7H3. The molecule has 1 aromatic heterocycles. The van der Waals surface area contributed by atoms with Gasteiger partial charge < -0.3 is 14.4 Å². The number of amides is 1. The first-order valence-corrected chi connectivity index (χ1v) is 10.6. The van der Waals surface area contributed by atoms with Gasteiger partial charge in [-0.25, -0.2) is 0 Å². The lowest BCUT2D eigenvalue weighted by Gasteiger charge is -2.35. The fourth-order valence-electron chi connectivity index (χ4n) is 2.27. The summed E-state index contributed by atoms with van der Waals surface area (Å²) >= 11 is 0. The van der Waals surface area contributed by atoms with Crippen molar-refractivity contribution in [2.24, 2.45) is 0 Å².